The molecule has 0 aliphatic heterocycles. The first-order valence-electron chi connectivity index (χ1n) is 15.2. The zero-order valence-corrected chi connectivity index (χ0v) is 27.7. The van der Waals surface area contributed by atoms with Crippen molar-refractivity contribution >= 4 is 27.5 Å². The van der Waals surface area contributed by atoms with E-state index in [1.54, 1.807) is 24.3 Å². The minimum atomic E-state index is -4.34. The van der Waals surface area contributed by atoms with E-state index >= 15 is 0 Å². The molecule has 4 aromatic rings. The average molecular weight is 662 g/mol. The lowest BCUT2D eigenvalue weighted by atomic mass is 10.0. The molecule has 4 rings (SSSR count). The molecule has 0 aliphatic rings. The second-order valence-corrected chi connectivity index (χ2v) is 12.9. The molecule has 0 saturated heterocycles. The molecule has 0 fully saturated rings. The van der Waals surface area contributed by atoms with Gasteiger partial charge in [-0.3, -0.25) is 13.9 Å². The molecular formula is C36H40FN3O6S. The summed E-state index contributed by atoms with van der Waals surface area (Å²) in [5.74, 6) is -0.547. The highest BCUT2D eigenvalue weighted by Gasteiger charge is 2.35. The summed E-state index contributed by atoms with van der Waals surface area (Å²) in [6, 6.07) is 25.9. The Labute approximate surface area is 276 Å². The van der Waals surface area contributed by atoms with Crippen molar-refractivity contribution in [2.24, 2.45) is 0 Å². The summed E-state index contributed by atoms with van der Waals surface area (Å²) >= 11 is 0. The molecule has 0 aromatic heterocycles. The third kappa shape index (κ3) is 9.10. The van der Waals surface area contributed by atoms with Gasteiger partial charge in [0.1, 0.15) is 29.9 Å². The fourth-order valence-electron chi connectivity index (χ4n) is 4.97. The van der Waals surface area contributed by atoms with Gasteiger partial charge in [-0.15, -0.1) is 0 Å². The van der Waals surface area contributed by atoms with Gasteiger partial charge in [0, 0.05) is 19.0 Å². The largest absolute Gasteiger partial charge is 0.497 e. The predicted molar refractivity (Wildman–Crippen MR) is 179 cm³/mol. The minimum Gasteiger partial charge on any atom is -0.497 e. The van der Waals surface area contributed by atoms with Crippen molar-refractivity contribution < 1.29 is 31.9 Å². The van der Waals surface area contributed by atoms with E-state index in [4.69, 9.17) is 9.47 Å². The summed E-state index contributed by atoms with van der Waals surface area (Å²) in [5.41, 5.74) is 1.58. The first-order chi connectivity index (χ1) is 22.5. The van der Waals surface area contributed by atoms with Crippen molar-refractivity contribution in [1.29, 1.82) is 0 Å². The Morgan fingerprint density at radius 1 is 0.830 bits per heavy atom. The number of carbonyl (C=O) groups is 2. The van der Waals surface area contributed by atoms with Crippen molar-refractivity contribution in [2.45, 2.75) is 50.2 Å². The van der Waals surface area contributed by atoms with Gasteiger partial charge in [-0.25, -0.2) is 12.8 Å². The molecule has 0 heterocycles. The number of sulfonamides is 1. The molecular weight excluding hydrogens is 621 g/mol. The van der Waals surface area contributed by atoms with E-state index in [1.807, 2.05) is 44.2 Å². The van der Waals surface area contributed by atoms with E-state index in [2.05, 4.69) is 5.32 Å². The third-order valence-electron chi connectivity index (χ3n) is 7.80. The van der Waals surface area contributed by atoms with E-state index < -0.39 is 34.3 Å². The lowest BCUT2D eigenvalue weighted by Gasteiger charge is -2.34. The standard InChI is InChI=1S/C36H40FN3O6S/c1-5-26(2)38-36(42)34(23-27-10-7-6-8-11-27)39(24-28-12-9-13-32(22-28)46-4)35(41)25-40(30-16-14-29(37)15-17-30)47(43,44)33-20-18-31(45-3)19-21-33/h6-22,26,34H,5,23-25H2,1-4H3,(H,38,42)/t26-,34+/m0/s1. The van der Waals surface area contributed by atoms with Gasteiger partial charge in [0.25, 0.3) is 10.0 Å². The number of nitrogens with one attached hydrogen (secondary N) is 1. The highest BCUT2D eigenvalue weighted by molar-refractivity contribution is 7.92. The third-order valence-corrected chi connectivity index (χ3v) is 9.59. The summed E-state index contributed by atoms with van der Waals surface area (Å²) in [5, 5.41) is 3.01. The smallest absolute Gasteiger partial charge is 0.264 e. The van der Waals surface area contributed by atoms with Crippen LogP contribution in [0.5, 0.6) is 11.5 Å². The Kier molecular flexibility index (Phi) is 12.0. The molecule has 2 atom stereocenters. The lowest BCUT2D eigenvalue weighted by Crippen LogP contribution is -2.54. The molecule has 0 saturated carbocycles. The number of amides is 2. The summed E-state index contributed by atoms with van der Waals surface area (Å²) in [4.78, 5) is 29.8. The van der Waals surface area contributed by atoms with E-state index in [0.29, 0.717) is 23.5 Å². The molecule has 1 N–H and O–H groups in total. The first-order valence-corrected chi connectivity index (χ1v) is 16.7. The Hall–Kier alpha value is -4.90. The van der Waals surface area contributed by atoms with E-state index in [0.717, 1.165) is 22.0 Å². The second kappa shape index (κ2) is 16.1. The SMILES string of the molecule is CC[C@H](C)NC(=O)[C@@H](Cc1ccccc1)N(Cc1cccc(OC)c1)C(=O)CN(c1ccc(F)cc1)S(=O)(=O)c1ccc(OC)cc1. The maximum atomic E-state index is 14.5. The van der Waals surface area contributed by atoms with Crippen LogP contribution in [0, 0.1) is 5.82 Å². The van der Waals surface area contributed by atoms with Crippen molar-refractivity contribution in [3.05, 3.63) is 120 Å². The number of nitrogens with zero attached hydrogens (tertiary/aromatic N) is 2. The van der Waals surface area contributed by atoms with Crippen LogP contribution in [0.2, 0.25) is 0 Å². The van der Waals surface area contributed by atoms with Gasteiger partial charge in [0.05, 0.1) is 24.8 Å². The monoisotopic (exact) mass is 661 g/mol. The van der Waals surface area contributed by atoms with Crippen LogP contribution in [0.25, 0.3) is 0 Å². The van der Waals surface area contributed by atoms with Crippen molar-refractivity contribution in [3.8, 4) is 11.5 Å². The number of anilines is 1. The van der Waals surface area contributed by atoms with Crippen molar-refractivity contribution in [2.75, 3.05) is 25.1 Å². The molecule has 0 bridgehead atoms. The molecule has 2 amide bonds. The van der Waals surface area contributed by atoms with E-state index in [1.165, 1.54) is 55.5 Å². The van der Waals surface area contributed by atoms with Gasteiger partial charge in [0.2, 0.25) is 11.8 Å². The number of ether oxygens (including phenoxy) is 2. The molecule has 9 nitrogen and oxygen atoms in total. The molecule has 0 spiro atoms. The Bertz CT molecular complexity index is 1740. The Morgan fingerprint density at radius 3 is 2.09 bits per heavy atom. The number of hydrogen-bond acceptors (Lipinski definition) is 6. The molecule has 47 heavy (non-hydrogen) atoms. The normalized spacial score (nSPS) is 12.4. The fraction of sp³-hybridized carbons (Fsp3) is 0.278. The zero-order chi connectivity index (χ0) is 34.0. The quantitative estimate of drug-likeness (QED) is 0.178. The van der Waals surface area contributed by atoms with Crippen LogP contribution in [-0.2, 0) is 32.6 Å². The predicted octanol–water partition coefficient (Wildman–Crippen LogP) is 5.59. The van der Waals surface area contributed by atoms with Gasteiger partial charge in [-0.1, -0.05) is 49.4 Å². The van der Waals surface area contributed by atoms with Gasteiger partial charge in [0.15, 0.2) is 0 Å². The number of methoxy groups -OCH3 is 2. The van der Waals surface area contributed by atoms with Crippen LogP contribution in [0.1, 0.15) is 31.4 Å². The van der Waals surface area contributed by atoms with Crippen LogP contribution >= 0.6 is 0 Å². The maximum absolute atomic E-state index is 14.5. The summed E-state index contributed by atoms with van der Waals surface area (Å²) in [7, 11) is -1.35. The van der Waals surface area contributed by atoms with Gasteiger partial charge < -0.3 is 19.7 Å². The number of benzene rings is 4. The molecule has 0 radical (unpaired) electrons. The highest BCUT2D eigenvalue weighted by Crippen LogP contribution is 2.27. The van der Waals surface area contributed by atoms with Gasteiger partial charge in [-0.2, -0.15) is 0 Å². The van der Waals surface area contributed by atoms with E-state index in [9.17, 15) is 22.4 Å². The van der Waals surface area contributed by atoms with Crippen LogP contribution in [0.15, 0.2) is 108 Å². The lowest BCUT2D eigenvalue weighted by molar-refractivity contribution is -0.140. The summed E-state index contributed by atoms with van der Waals surface area (Å²) < 4.78 is 53.7. The molecule has 4 aromatic carbocycles. The van der Waals surface area contributed by atoms with Crippen molar-refractivity contribution in [1.82, 2.24) is 10.2 Å². The van der Waals surface area contributed by atoms with Gasteiger partial charge in [-0.05, 0) is 85.1 Å². The molecule has 0 unspecified atom stereocenters. The fourth-order valence-corrected chi connectivity index (χ4v) is 6.39. The van der Waals surface area contributed by atoms with Crippen LogP contribution < -0.4 is 19.1 Å². The van der Waals surface area contributed by atoms with Gasteiger partial charge >= 0.3 is 0 Å². The minimum absolute atomic E-state index is 0.0126. The molecule has 248 valence electrons. The highest BCUT2D eigenvalue weighted by atomic mass is 32.2. The Balaban J connectivity index is 1.81. The number of carbonyl (C=O) groups excluding carboxylic acids is 2. The van der Waals surface area contributed by atoms with Crippen LogP contribution in [0.4, 0.5) is 10.1 Å². The second-order valence-electron chi connectivity index (χ2n) is 11.1. The van der Waals surface area contributed by atoms with Crippen LogP contribution in [0.3, 0.4) is 0 Å². The maximum Gasteiger partial charge on any atom is 0.264 e. The number of hydrogen-bond donors (Lipinski definition) is 1. The van der Waals surface area contributed by atoms with Crippen LogP contribution in [-0.4, -0.2) is 58.0 Å². The Morgan fingerprint density at radius 2 is 1.47 bits per heavy atom. The van der Waals surface area contributed by atoms with Crippen molar-refractivity contribution in [3.63, 3.8) is 0 Å². The molecule has 0 aliphatic carbocycles. The number of halogens is 1. The summed E-state index contributed by atoms with van der Waals surface area (Å²) in [6.45, 7) is 3.15. The first kappa shape index (κ1) is 35.0. The zero-order valence-electron chi connectivity index (χ0n) is 26.9. The molecule has 11 heteroatoms. The topological polar surface area (TPSA) is 105 Å². The number of rotatable bonds is 15. The average Bonchev–Trinajstić information content (AvgIpc) is 3.09. The van der Waals surface area contributed by atoms with E-state index in [-0.39, 0.29) is 35.5 Å². The summed E-state index contributed by atoms with van der Waals surface area (Å²) in [6.07, 6.45) is 0.854.